The average molecular weight is 1290 g/mol. The lowest BCUT2D eigenvalue weighted by Crippen LogP contribution is -2.60. The maximum Gasteiger partial charge on any atom is 0.249 e. The van der Waals surface area contributed by atoms with Gasteiger partial charge in [-0.3, -0.25) is 4.79 Å². The van der Waals surface area contributed by atoms with Gasteiger partial charge in [-0.15, -0.1) is 0 Å². The molecule has 0 radical (unpaired) electrons. The molecule has 11 nitrogen and oxygen atoms in total. The van der Waals surface area contributed by atoms with Crippen LogP contribution in [0.2, 0.25) is 0 Å². The van der Waals surface area contributed by atoms with Crippen LogP contribution in [0.25, 0.3) is 0 Å². The Bertz CT molecular complexity index is 1490. The van der Waals surface area contributed by atoms with Crippen LogP contribution >= 0.6 is 0 Å². The van der Waals surface area contributed by atoms with E-state index in [0.717, 1.165) is 32.1 Å². The topological polar surface area (TPSA) is 189 Å². The van der Waals surface area contributed by atoms with Crippen molar-refractivity contribution in [2.24, 2.45) is 0 Å². The maximum absolute atomic E-state index is 13.3. The van der Waals surface area contributed by atoms with Gasteiger partial charge in [0.2, 0.25) is 5.91 Å². The van der Waals surface area contributed by atoms with Gasteiger partial charge in [0.1, 0.15) is 36.6 Å². The van der Waals surface area contributed by atoms with E-state index in [1.54, 1.807) is 0 Å². The summed E-state index contributed by atoms with van der Waals surface area (Å²) in [7, 11) is 0. The van der Waals surface area contributed by atoms with Crippen LogP contribution < -0.4 is 5.32 Å². The minimum Gasteiger partial charge on any atom is -0.394 e. The molecule has 0 spiro atoms. The molecule has 9 atom stereocenters. The van der Waals surface area contributed by atoms with Crippen LogP contribution in [0, 0.1) is 0 Å². The van der Waals surface area contributed by atoms with E-state index in [2.05, 4.69) is 31.3 Å². The first-order chi connectivity index (χ1) is 44.7. The van der Waals surface area contributed by atoms with Crippen molar-refractivity contribution in [3.8, 4) is 0 Å². The summed E-state index contributed by atoms with van der Waals surface area (Å²) in [5.74, 6) is -0.696. The lowest BCUT2D eigenvalue weighted by molar-refractivity contribution is -0.303. The lowest BCUT2D eigenvalue weighted by atomic mass is 9.98. The first-order valence-corrected chi connectivity index (χ1v) is 40.6. The number of hydrogen-bond acceptors (Lipinski definition) is 10. The number of allylic oxidation sites excluding steroid dienone is 2. The molecule has 1 saturated heterocycles. The highest BCUT2D eigenvalue weighted by atomic mass is 16.7. The number of carbonyl (C=O) groups excluding carboxylic acids is 1. The molecule has 0 aromatic rings. The van der Waals surface area contributed by atoms with Gasteiger partial charge in [0.25, 0.3) is 0 Å². The van der Waals surface area contributed by atoms with Crippen molar-refractivity contribution >= 4 is 5.91 Å². The van der Waals surface area contributed by atoms with Gasteiger partial charge in [-0.25, -0.2) is 0 Å². The fourth-order valence-electron chi connectivity index (χ4n) is 13.6. The molecule has 1 amide bonds. The summed E-state index contributed by atoms with van der Waals surface area (Å²) < 4.78 is 11.2. The summed E-state index contributed by atoms with van der Waals surface area (Å²) in [6.45, 7) is 3.53. The predicted octanol–water partition coefficient (Wildman–Crippen LogP) is 20.9. The second-order valence-electron chi connectivity index (χ2n) is 28.9. The quantitative estimate of drug-likeness (QED) is 0.0215. The zero-order valence-electron chi connectivity index (χ0n) is 60.4. The third-order valence-electron chi connectivity index (χ3n) is 20.1. The average Bonchev–Trinajstić information content (AvgIpc) is 1.28. The number of aliphatic hydroxyl groups excluding tert-OH is 7. The summed E-state index contributed by atoms with van der Waals surface area (Å²) in [6, 6.07) is -1.18. The van der Waals surface area contributed by atoms with Gasteiger partial charge in [0, 0.05) is 0 Å². The minimum absolute atomic E-state index is 0.260. The maximum atomic E-state index is 13.3. The smallest absolute Gasteiger partial charge is 0.249 e. The number of rotatable bonds is 73. The first kappa shape index (κ1) is 87.9. The fourth-order valence-corrected chi connectivity index (χ4v) is 13.6. The van der Waals surface area contributed by atoms with Crippen LogP contribution in [-0.2, 0) is 14.3 Å². The Morgan fingerprint density at radius 1 is 0.374 bits per heavy atom. The van der Waals surface area contributed by atoms with E-state index in [1.807, 2.05) is 0 Å². The largest absolute Gasteiger partial charge is 0.394 e. The highest BCUT2D eigenvalue weighted by Crippen LogP contribution is 2.25. The van der Waals surface area contributed by atoms with Gasteiger partial charge in [-0.1, -0.05) is 398 Å². The van der Waals surface area contributed by atoms with Crippen molar-refractivity contribution < 1.29 is 50.0 Å². The molecule has 91 heavy (non-hydrogen) atoms. The Morgan fingerprint density at radius 3 is 0.945 bits per heavy atom. The number of amides is 1. The summed E-state index contributed by atoms with van der Waals surface area (Å²) in [6.07, 6.45) is 76.3. The summed E-state index contributed by atoms with van der Waals surface area (Å²) in [4.78, 5) is 13.3. The molecular formula is C80H157NO10. The van der Waals surface area contributed by atoms with E-state index in [9.17, 15) is 40.5 Å². The molecule has 0 saturated carbocycles. The highest BCUT2D eigenvalue weighted by Gasteiger charge is 2.44. The Balaban J connectivity index is 2.13. The van der Waals surface area contributed by atoms with Crippen molar-refractivity contribution in [1.82, 2.24) is 5.32 Å². The zero-order chi connectivity index (χ0) is 66.0. The normalized spacial score (nSPS) is 18.4. The number of hydrogen-bond donors (Lipinski definition) is 8. The number of ether oxygens (including phenoxy) is 2. The first-order valence-electron chi connectivity index (χ1n) is 40.6. The van der Waals surface area contributed by atoms with Crippen LogP contribution in [0.4, 0.5) is 0 Å². The molecule has 11 heteroatoms. The van der Waals surface area contributed by atoms with E-state index in [1.165, 1.54) is 353 Å². The third-order valence-corrected chi connectivity index (χ3v) is 20.1. The molecule has 0 bridgehead atoms. The Kier molecular flexibility index (Phi) is 66.4. The minimum atomic E-state index is -1.67. The summed E-state index contributed by atoms with van der Waals surface area (Å²) in [5, 5.41) is 76.7. The molecule has 542 valence electrons. The van der Waals surface area contributed by atoms with Crippen LogP contribution in [0.15, 0.2) is 12.2 Å². The van der Waals surface area contributed by atoms with Gasteiger partial charge in [-0.05, 0) is 38.5 Å². The van der Waals surface area contributed by atoms with E-state index >= 15 is 0 Å². The van der Waals surface area contributed by atoms with Crippen molar-refractivity contribution in [2.45, 2.75) is 480 Å². The lowest BCUT2D eigenvalue weighted by Gasteiger charge is -2.40. The number of unbranched alkanes of at least 4 members (excludes halogenated alkanes) is 59. The SMILES string of the molecule is CCCCCCCCCCCCCCCCCCCCCCCCCCCCC/C=C/CCCC(O)C(O)C(COC1OC(CO)C(O)C(O)C1O)NC(=O)C(O)CCCCCCCCCCCCCCCCCCCCCCCCCCCCCCCCCC. The van der Waals surface area contributed by atoms with Gasteiger partial charge >= 0.3 is 0 Å². The van der Waals surface area contributed by atoms with E-state index in [4.69, 9.17) is 9.47 Å². The molecule has 1 heterocycles. The van der Waals surface area contributed by atoms with Crippen LogP contribution in [0.1, 0.15) is 425 Å². The third kappa shape index (κ3) is 55.5. The molecule has 1 rings (SSSR count). The van der Waals surface area contributed by atoms with Crippen molar-refractivity contribution in [3.05, 3.63) is 12.2 Å². The number of carbonyl (C=O) groups is 1. The molecule has 0 aromatic carbocycles. The summed E-state index contributed by atoms with van der Waals surface area (Å²) in [5.41, 5.74) is 0. The van der Waals surface area contributed by atoms with Crippen LogP contribution in [0.3, 0.4) is 0 Å². The van der Waals surface area contributed by atoms with Crippen molar-refractivity contribution in [1.29, 1.82) is 0 Å². The molecule has 1 fully saturated rings. The molecule has 1 aliphatic heterocycles. The van der Waals surface area contributed by atoms with E-state index in [-0.39, 0.29) is 12.8 Å². The predicted molar refractivity (Wildman–Crippen MR) is 386 cm³/mol. The standard InChI is InChI=1S/C80H157NO10/c1-3-5-7-9-11-13-15-17-19-21-23-25-27-29-31-33-35-37-39-41-43-45-47-49-51-53-55-57-59-61-63-65-67-72(83)75(85)71(70-90-80-78(88)77(87)76(86)74(69-82)91-80)81-79(89)73(84)68-66-64-62-60-58-56-54-52-50-48-46-44-42-40-38-36-34-32-30-28-26-24-22-20-18-16-14-12-10-8-6-4-2/h59,61,71-78,80,82-88H,3-58,60,62-70H2,1-2H3,(H,81,89)/b61-59+. The van der Waals surface area contributed by atoms with Gasteiger partial charge in [0.15, 0.2) is 6.29 Å². The molecule has 0 aromatic heterocycles. The zero-order valence-corrected chi connectivity index (χ0v) is 60.4. The van der Waals surface area contributed by atoms with Gasteiger partial charge in [0.05, 0.1) is 25.4 Å². The Labute approximate surface area is 563 Å². The molecule has 1 aliphatic rings. The molecule has 8 N–H and O–H groups in total. The summed E-state index contributed by atoms with van der Waals surface area (Å²) >= 11 is 0. The number of nitrogens with one attached hydrogen (secondary N) is 1. The highest BCUT2D eigenvalue weighted by molar-refractivity contribution is 5.80. The Morgan fingerprint density at radius 2 is 0.648 bits per heavy atom. The van der Waals surface area contributed by atoms with Crippen molar-refractivity contribution in [3.63, 3.8) is 0 Å². The molecule has 9 unspecified atom stereocenters. The number of aliphatic hydroxyl groups is 7. The fraction of sp³-hybridized carbons (Fsp3) is 0.963. The van der Waals surface area contributed by atoms with E-state index < -0.39 is 74.2 Å². The molecular weight excluding hydrogens is 1130 g/mol. The monoisotopic (exact) mass is 1290 g/mol. The Hall–Kier alpha value is -1.15. The van der Waals surface area contributed by atoms with Gasteiger partial charge < -0.3 is 50.5 Å². The molecule has 0 aliphatic carbocycles. The van der Waals surface area contributed by atoms with Crippen LogP contribution in [0.5, 0.6) is 0 Å². The van der Waals surface area contributed by atoms with Gasteiger partial charge in [-0.2, -0.15) is 0 Å². The second-order valence-corrected chi connectivity index (χ2v) is 28.9. The second kappa shape index (κ2) is 68.8. The van der Waals surface area contributed by atoms with Crippen molar-refractivity contribution in [2.75, 3.05) is 13.2 Å². The van der Waals surface area contributed by atoms with Crippen LogP contribution in [-0.4, -0.2) is 110 Å². The van der Waals surface area contributed by atoms with E-state index in [0.29, 0.717) is 12.8 Å².